The molecule has 0 atom stereocenters. The van der Waals surface area contributed by atoms with Crippen molar-refractivity contribution in [2.75, 3.05) is 17.2 Å². The van der Waals surface area contributed by atoms with Gasteiger partial charge in [-0.15, -0.1) is 0 Å². The predicted molar refractivity (Wildman–Crippen MR) is 66.2 cm³/mol. The number of nitrogens with zero attached hydrogens (tertiary/aromatic N) is 2. The van der Waals surface area contributed by atoms with E-state index in [0.29, 0.717) is 0 Å². The van der Waals surface area contributed by atoms with E-state index >= 15 is 0 Å². The molecule has 0 aliphatic heterocycles. The molecule has 0 amide bonds. The van der Waals surface area contributed by atoms with E-state index in [1.165, 1.54) is 0 Å². The van der Waals surface area contributed by atoms with Gasteiger partial charge in [0.25, 0.3) is 0 Å². The third-order valence-electron chi connectivity index (χ3n) is 2.43. The Bertz CT molecular complexity index is 339. The van der Waals surface area contributed by atoms with Crippen molar-refractivity contribution in [1.29, 1.82) is 0 Å². The van der Waals surface area contributed by atoms with Crippen LogP contribution in [-0.4, -0.2) is 17.1 Å². The van der Waals surface area contributed by atoms with Gasteiger partial charge in [-0.3, -0.25) is 0 Å². The normalized spacial score (nSPS) is 11.5. The highest BCUT2D eigenvalue weighted by atomic mass is 15.2. The highest BCUT2D eigenvalue weighted by Gasteiger charge is 2.22. The molecular formula is C12H21N3. The topological polar surface area (TPSA) is 42.2 Å². The van der Waals surface area contributed by atoms with Crippen LogP contribution < -0.4 is 10.6 Å². The van der Waals surface area contributed by atoms with E-state index in [9.17, 15) is 0 Å². The molecule has 84 valence electrons. The van der Waals surface area contributed by atoms with Gasteiger partial charge in [0, 0.05) is 17.8 Å². The highest BCUT2D eigenvalue weighted by molar-refractivity contribution is 5.63. The Hall–Kier alpha value is -1.25. The van der Waals surface area contributed by atoms with Crippen molar-refractivity contribution in [2.24, 2.45) is 0 Å². The van der Waals surface area contributed by atoms with E-state index in [1.54, 1.807) is 0 Å². The van der Waals surface area contributed by atoms with Crippen molar-refractivity contribution >= 4 is 11.5 Å². The quantitative estimate of drug-likeness (QED) is 0.810. The fourth-order valence-corrected chi connectivity index (χ4v) is 1.71. The second-order valence-corrected chi connectivity index (χ2v) is 4.78. The summed E-state index contributed by atoms with van der Waals surface area (Å²) in [4.78, 5) is 6.73. The molecule has 0 spiro atoms. The summed E-state index contributed by atoms with van der Waals surface area (Å²) in [6.45, 7) is 11.5. The Morgan fingerprint density at radius 1 is 1.33 bits per heavy atom. The van der Waals surface area contributed by atoms with Crippen molar-refractivity contribution in [3.8, 4) is 0 Å². The maximum Gasteiger partial charge on any atom is 0.152 e. The molecule has 0 unspecified atom stereocenters. The van der Waals surface area contributed by atoms with Gasteiger partial charge < -0.3 is 10.6 Å². The Morgan fingerprint density at radius 3 is 2.40 bits per heavy atom. The second kappa shape index (κ2) is 4.09. The minimum absolute atomic E-state index is 0.0453. The first kappa shape index (κ1) is 11.8. The van der Waals surface area contributed by atoms with Crippen LogP contribution in [-0.2, 0) is 0 Å². The number of aryl methyl sites for hydroxylation is 1. The van der Waals surface area contributed by atoms with Crippen LogP contribution in [0.2, 0.25) is 0 Å². The lowest BCUT2D eigenvalue weighted by Gasteiger charge is -2.36. The van der Waals surface area contributed by atoms with Crippen molar-refractivity contribution in [3.05, 3.63) is 17.8 Å². The summed E-state index contributed by atoms with van der Waals surface area (Å²) in [5.41, 5.74) is 7.75. The summed E-state index contributed by atoms with van der Waals surface area (Å²) >= 11 is 0. The summed E-state index contributed by atoms with van der Waals surface area (Å²) in [7, 11) is 0. The Balaban J connectivity index is 3.18. The minimum Gasteiger partial charge on any atom is -0.396 e. The van der Waals surface area contributed by atoms with Crippen LogP contribution >= 0.6 is 0 Å². The van der Waals surface area contributed by atoms with Crippen molar-refractivity contribution < 1.29 is 0 Å². The van der Waals surface area contributed by atoms with Crippen LogP contribution in [0.3, 0.4) is 0 Å². The number of aromatic nitrogens is 1. The molecule has 1 heterocycles. The zero-order chi connectivity index (χ0) is 11.6. The van der Waals surface area contributed by atoms with Crippen molar-refractivity contribution in [2.45, 2.75) is 40.2 Å². The Kier molecular flexibility index (Phi) is 3.22. The van der Waals surface area contributed by atoms with Gasteiger partial charge in [-0.05, 0) is 46.8 Å². The van der Waals surface area contributed by atoms with Gasteiger partial charge in [-0.2, -0.15) is 0 Å². The molecule has 0 aliphatic rings. The van der Waals surface area contributed by atoms with Gasteiger partial charge >= 0.3 is 0 Å². The monoisotopic (exact) mass is 207 g/mol. The third-order valence-corrected chi connectivity index (χ3v) is 2.43. The zero-order valence-electron chi connectivity index (χ0n) is 10.3. The Morgan fingerprint density at radius 2 is 1.93 bits per heavy atom. The number of hydrogen-bond acceptors (Lipinski definition) is 3. The number of nitrogens with two attached hydrogens (primary N) is 1. The number of hydrogen-bond donors (Lipinski definition) is 1. The summed E-state index contributed by atoms with van der Waals surface area (Å²) in [6, 6.07) is 3.86. The maximum absolute atomic E-state index is 5.96. The van der Waals surface area contributed by atoms with Crippen LogP contribution in [0, 0.1) is 6.92 Å². The molecule has 0 saturated carbocycles. The molecule has 3 nitrogen and oxygen atoms in total. The summed E-state index contributed by atoms with van der Waals surface area (Å²) < 4.78 is 0. The van der Waals surface area contributed by atoms with Gasteiger partial charge in [-0.1, -0.05) is 0 Å². The molecule has 0 bridgehead atoms. The first-order chi connectivity index (χ1) is 6.86. The first-order valence-electron chi connectivity index (χ1n) is 5.37. The standard InChI is InChI=1S/C12H21N3/c1-6-15(12(3,4)5)11-10(13)8-7-9(2)14-11/h7-8H,6,13H2,1-5H3. The van der Waals surface area contributed by atoms with Crippen molar-refractivity contribution in [3.63, 3.8) is 0 Å². The summed E-state index contributed by atoms with van der Waals surface area (Å²) in [5, 5.41) is 0. The van der Waals surface area contributed by atoms with E-state index in [4.69, 9.17) is 5.73 Å². The number of pyridine rings is 1. The average Bonchev–Trinajstić information content (AvgIpc) is 2.10. The summed E-state index contributed by atoms with van der Waals surface area (Å²) in [5.74, 6) is 0.894. The van der Waals surface area contributed by atoms with Crippen LogP contribution in [0.5, 0.6) is 0 Å². The predicted octanol–water partition coefficient (Wildman–Crippen LogP) is 2.60. The van der Waals surface area contributed by atoms with Gasteiger partial charge in [0.2, 0.25) is 0 Å². The fraction of sp³-hybridized carbons (Fsp3) is 0.583. The van der Waals surface area contributed by atoms with Gasteiger partial charge in [0.15, 0.2) is 5.82 Å². The van der Waals surface area contributed by atoms with Crippen LogP contribution in [0.4, 0.5) is 11.5 Å². The number of nitrogen functional groups attached to an aromatic ring is 1. The van der Waals surface area contributed by atoms with E-state index in [-0.39, 0.29) is 5.54 Å². The molecule has 0 radical (unpaired) electrons. The van der Waals surface area contributed by atoms with Crippen molar-refractivity contribution in [1.82, 2.24) is 4.98 Å². The molecule has 15 heavy (non-hydrogen) atoms. The largest absolute Gasteiger partial charge is 0.396 e. The second-order valence-electron chi connectivity index (χ2n) is 4.78. The Labute approximate surface area is 92.3 Å². The molecule has 0 saturated heterocycles. The molecule has 2 N–H and O–H groups in total. The fourth-order valence-electron chi connectivity index (χ4n) is 1.71. The smallest absolute Gasteiger partial charge is 0.152 e. The average molecular weight is 207 g/mol. The number of rotatable bonds is 2. The SMILES string of the molecule is CCN(c1nc(C)ccc1N)C(C)(C)C. The lowest BCUT2D eigenvalue weighted by molar-refractivity contribution is 0.509. The van der Waals surface area contributed by atoms with E-state index in [2.05, 4.69) is 37.6 Å². The third kappa shape index (κ3) is 2.61. The molecule has 1 aromatic rings. The minimum atomic E-state index is 0.0453. The molecule has 0 aromatic carbocycles. The van der Waals surface area contributed by atoms with Crippen LogP contribution in [0.25, 0.3) is 0 Å². The zero-order valence-corrected chi connectivity index (χ0v) is 10.3. The van der Waals surface area contributed by atoms with E-state index in [0.717, 1.165) is 23.7 Å². The summed E-state index contributed by atoms with van der Waals surface area (Å²) in [6.07, 6.45) is 0. The molecule has 1 rings (SSSR count). The lowest BCUT2D eigenvalue weighted by atomic mass is 10.1. The molecule has 1 aromatic heterocycles. The van der Waals surface area contributed by atoms with Gasteiger partial charge in [-0.25, -0.2) is 4.98 Å². The van der Waals surface area contributed by atoms with E-state index in [1.807, 2.05) is 19.1 Å². The van der Waals surface area contributed by atoms with E-state index < -0.39 is 0 Å². The molecule has 0 aliphatic carbocycles. The molecule has 3 heteroatoms. The maximum atomic E-state index is 5.96. The highest BCUT2D eigenvalue weighted by Crippen LogP contribution is 2.27. The van der Waals surface area contributed by atoms with Crippen LogP contribution in [0.15, 0.2) is 12.1 Å². The van der Waals surface area contributed by atoms with Gasteiger partial charge in [0.05, 0.1) is 5.69 Å². The molecular weight excluding hydrogens is 186 g/mol. The molecule has 0 fully saturated rings. The van der Waals surface area contributed by atoms with Gasteiger partial charge in [0.1, 0.15) is 0 Å². The van der Waals surface area contributed by atoms with Crippen LogP contribution in [0.1, 0.15) is 33.4 Å². The number of anilines is 2. The lowest BCUT2D eigenvalue weighted by Crippen LogP contribution is -2.42. The first-order valence-corrected chi connectivity index (χ1v) is 5.37.